The van der Waals surface area contributed by atoms with E-state index in [-0.39, 0.29) is 12.7 Å². The summed E-state index contributed by atoms with van der Waals surface area (Å²) in [6.07, 6.45) is 38.0. The number of allylic oxidation sites excluding steroid dienone is 2. The van der Waals surface area contributed by atoms with E-state index in [0.717, 1.165) is 55.6 Å². The van der Waals surface area contributed by atoms with Gasteiger partial charge in [0.15, 0.2) is 0 Å². The lowest BCUT2D eigenvalue weighted by Gasteiger charge is -2.57. The summed E-state index contributed by atoms with van der Waals surface area (Å²) < 4.78 is 11.7. The predicted molar refractivity (Wildman–Crippen MR) is 171 cm³/mol. The number of aliphatic hydroxyl groups excluding tert-OH is 1. The molecule has 0 aromatic carbocycles. The van der Waals surface area contributed by atoms with Gasteiger partial charge in [-0.1, -0.05) is 135 Å². The molecule has 3 rings (SSSR count). The molecule has 234 valence electrons. The van der Waals surface area contributed by atoms with Gasteiger partial charge in [0, 0.05) is 13.2 Å². The van der Waals surface area contributed by atoms with Crippen LogP contribution in [0.15, 0.2) is 12.2 Å². The van der Waals surface area contributed by atoms with E-state index in [1.54, 1.807) is 6.42 Å². The van der Waals surface area contributed by atoms with Crippen molar-refractivity contribution in [3.05, 3.63) is 12.2 Å². The molecule has 0 saturated heterocycles. The number of hydrogen-bond donors (Lipinski definition) is 1. The van der Waals surface area contributed by atoms with Gasteiger partial charge < -0.3 is 14.6 Å². The van der Waals surface area contributed by atoms with Crippen molar-refractivity contribution >= 4 is 0 Å². The quantitative estimate of drug-likeness (QED) is 0.0844. The molecule has 3 nitrogen and oxygen atoms in total. The highest BCUT2D eigenvalue weighted by atomic mass is 16.5. The van der Waals surface area contributed by atoms with Gasteiger partial charge in [-0.25, -0.2) is 0 Å². The first kappa shape index (κ1) is 34.1. The normalized spacial score (nSPS) is 26.3. The third kappa shape index (κ3) is 13.3. The second-order valence-electron chi connectivity index (χ2n) is 13.8. The lowest BCUT2D eigenvalue weighted by molar-refractivity contribution is -0.0525. The van der Waals surface area contributed by atoms with Gasteiger partial charge in [-0.2, -0.15) is 0 Å². The number of hydrogen-bond acceptors (Lipinski definition) is 3. The Morgan fingerprint density at radius 2 is 1.27 bits per heavy atom. The predicted octanol–water partition coefficient (Wildman–Crippen LogP) is 10.4. The molecule has 0 radical (unpaired) electrons. The maximum Gasteiger partial charge on any atom is 0.104 e. The first-order valence-electron chi connectivity index (χ1n) is 18.3. The van der Waals surface area contributed by atoms with Crippen LogP contribution in [0.5, 0.6) is 0 Å². The smallest absolute Gasteiger partial charge is 0.104 e. The van der Waals surface area contributed by atoms with Crippen LogP contribution in [0.25, 0.3) is 0 Å². The highest BCUT2D eigenvalue weighted by Gasteiger charge is 2.50. The minimum absolute atomic E-state index is 0.0688. The number of aliphatic hydroxyl groups is 1. The molecule has 2 fully saturated rings. The summed E-state index contributed by atoms with van der Waals surface area (Å²) in [5.74, 6) is 5.18. The first-order chi connectivity index (χ1) is 19.8. The van der Waals surface area contributed by atoms with Crippen molar-refractivity contribution in [3.8, 4) is 0 Å². The Balaban J connectivity index is 1.02. The highest BCUT2D eigenvalue weighted by Crippen LogP contribution is 2.58. The molecule has 40 heavy (non-hydrogen) atoms. The van der Waals surface area contributed by atoms with E-state index in [1.807, 2.05) is 0 Å². The van der Waals surface area contributed by atoms with Crippen LogP contribution in [-0.4, -0.2) is 37.6 Å². The van der Waals surface area contributed by atoms with E-state index < -0.39 is 0 Å². The number of rotatable bonds is 26. The van der Waals surface area contributed by atoms with Crippen molar-refractivity contribution < 1.29 is 14.6 Å². The fourth-order valence-corrected chi connectivity index (χ4v) is 8.15. The van der Waals surface area contributed by atoms with E-state index in [9.17, 15) is 5.11 Å². The molecular weight excluding hydrogens is 492 g/mol. The molecule has 0 heterocycles. The molecule has 0 aromatic heterocycles. The summed E-state index contributed by atoms with van der Waals surface area (Å²) in [7, 11) is 0. The molecule has 0 amide bonds. The van der Waals surface area contributed by atoms with E-state index in [2.05, 4.69) is 19.1 Å². The van der Waals surface area contributed by atoms with Crippen molar-refractivity contribution in [2.24, 2.45) is 29.6 Å². The fraction of sp³-hybridized carbons (Fsp3) is 0.946. The van der Waals surface area contributed by atoms with Crippen molar-refractivity contribution in [2.75, 3.05) is 26.4 Å². The zero-order chi connectivity index (χ0) is 28.1. The van der Waals surface area contributed by atoms with Crippen LogP contribution in [0.1, 0.15) is 161 Å². The van der Waals surface area contributed by atoms with Gasteiger partial charge in [0.25, 0.3) is 0 Å². The van der Waals surface area contributed by atoms with Crippen molar-refractivity contribution in [2.45, 2.75) is 167 Å². The van der Waals surface area contributed by atoms with Gasteiger partial charge in [-0.05, 0) is 68.1 Å². The molecule has 3 aliphatic rings. The molecule has 0 aromatic rings. The highest BCUT2D eigenvalue weighted by molar-refractivity contribution is 5.11. The summed E-state index contributed by atoms with van der Waals surface area (Å²) in [5.41, 5.74) is 0. The van der Waals surface area contributed by atoms with E-state index >= 15 is 0 Å². The second-order valence-corrected chi connectivity index (χ2v) is 13.8. The fourth-order valence-electron chi connectivity index (χ4n) is 8.15. The second kappa shape index (κ2) is 22.2. The molecule has 0 aliphatic heterocycles. The molecule has 0 bridgehead atoms. The van der Waals surface area contributed by atoms with Crippen molar-refractivity contribution in [3.63, 3.8) is 0 Å². The Bertz CT molecular complexity index is 619. The monoisotopic (exact) mass is 561 g/mol. The third-order valence-corrected chi connectivity index (χ3v) is 10.6. The SMILES string of the molecule is CCCCCCCCCCCCCCOC[C@H](CO)OCCCCCCCCC1CCC2C3C=CCCC3C2C1. The van der Waals surface area contributed by atoms with E-state index in [1.165, 1.54) is 135 Å². The van der Waals surface area contributed by atoms with E-state index in [4.69, 9.17) is 9.47 Å². The van der Waals surface area contributed by atoms with Crippen LogP contribution in [0.4, 0.5) is 0 Å². The zero-order valence-electron chi connectivity index (χ0n) is 26.7. The summed E-state index contributed by atoms with van der Waals surface area (Å²) in [5, 5.41) is 9.62. The van der Waals surface area contributed by atoms with Gasteiger partial charge in [-0.15, -0.1) is 0 Å². The van der Waals surface area contributed by atoms with Crippen molar-refractivity contribution in [1.82, 2.24) is 0 Å². The van der Waals surface area contributed by atoms with Crippen LogP contribution in [0.3, 0.4) is 0 Å². The molecular formula is C37H68O3. The standard InChI is InChI=1S/C37H68O3/c1-2-3-4-5-6-7-8-9-10-12-15-20-27-39-31-33(30-38)40-28-21-16-13-11-14-17-22-32-25-26-36-34-23-18-19-24-35(34)37(36)29-32/h18,23,32-38H,2-17,19-22,24-31H2,1H3/t32?,33-,34?,35?,36?,37?/m0/s1. The van der Waals surface area contributed by atoms with Crippen LogP contribution >= 0.6 is 0 Å². The number of ether oxygens (including phenoxy) is 2. The summed E-state index contributed by atoms with van der Waals surface area (Å²) >= 11 is 0. The summed E-state index contributed by atoms with van der Waals surface area (Å²) in [4.78, 5) is 0. The third-order valence-electron chi connectivity index (χ3n) is 10.6. The lowest BCUT2D eigenvalue weighted by atomic mass is 9.48. The van der Waals surface area contributed by atoms with Gasteiger partial charge in [0.1, 0.15) is 6.10 Å². The Morgan fingerprint density at radius 3 is 1.95 bits per heavy atom. The molecule has 6 atom stereocenters. The first-order valence-corrected chi connectivity index (χ1v) is 18.3. The van der Waals surface area contributed by atoms with E-state index in [0.29, 0.717) is 6.61 Å². The average molecular weight is 561 g/mol. The molecule has 3 aliphatic carbocycles. The van der Waals surface area contributed by atoms with Crippen LogP contribution in [-0.2, 0) is 9.47 Å². The summed E-state index contributed by atoms with van der Waals surface area (Å²) in [6.45, 7) is 4.45. The van der Waals surface area contributed by atoms with Gasteiger partial charge >= 0.3 is 0 Å². The average Bonchev–Trinajstić information content (AvgIpc) is 2.98. The Morgan fingerprint density at radius 1 is 0.675 bits per heavy atom. The minimum Gasteiger partial charge on any atom is -0.394 e. The maximum atomic E-state index is 9.62. The molecule has 1 N–H and O–H groups in total. The zero-order valence-corrected chi connectivity index (χ0v) is 26.7. The number of unbranched alkanes of at least 4 members (excludes halogenated alkanes) is 16. The van der Waals surface area contributed by atoms with Crippen LogP contribution < -0.4 is 0 Å². The largest absolute Gasteiger partial charge is 0.394 e. The Kier molecular flexibility index (Phi) is 18.9. The van der Waals surface area contributed by atoms with Gasteiger partial charge in [0.2, 0.25) is 0 Å². The molecule has 0 spiro atoms. The number of fused-ring (bicyclic) bond motifs is 4. The minimum atomic E-state index is -0.150. The summed E-state index contributed by atoms with van der Waals surface area (Å²) in [6, 6.07) is 0. The van der Waals surface area contributed by atoms with Crippen LogP contribution in [0, 0.1) is 29.6 Å². The Hall–Kier alpha value is -0.380. The van der Waals surface area contributed by atoms with Crippen LogP contribution in [0.2, 0.25) is 0 Å². The molecule has 3 heteroatoms. The topological polar surface area (TPSA) is 38.7 Å². The molecule has 5 unspecified atom stereocenters. The van der Waals surface area contributed by atoms with Gasteiger partial charge in [-0.3, -0.25) is 0 Å². The van der Waals surface area contributed by atoms with Gasteiger partial charge in [0.05, 0.1) is 13.2 Å². The Labute approximate surface area is 249 Å². The van der Waals surface area contributed by atoms with Crippen molar-refractivity contribution in [1.29, 1.82) is 0 Å². The lowest BCUT2D eigenvalue weighted by Crippen LogP contribution is -2.49. The molecule has 2 saturated carbocycles. The maximum absolute atomic E-state index is 9.62.